The Kier molecular flexibility index (Phi) is 14.6. The summed E-state index contributed by atoms with van der Waals surface area (Å²) in [4.78, 5) is 6.93. The molecule has 3 nitrogen and oxygen atoms in total. The molecule has 3 rings (SSSR count). The van der Waals surface area contributed by atoms with Gasteiger partial charge in [-0.05, 0) is 39.2 Å². The fourth-order valence-electron chi connectivity index (χ4n) is 2.71. The smallest absolute Gasteiger partial charge is 0.128 e. The van der Waals surface area contributed by atoms with Gasteiger partial charge in [0, 0.05) is 58.1 Å². The van der Waals surface area contributed by atoms with Gasteiger partial charge in [-0.15, -0.1) is 0 Å². The molecule has 24 heavy (non-hydrogen) atoms. The number of piperazine rings is 1. The van der Waals surface area contributed by atoms with Crippen LogP contribution in [0.4, 0.5) is 5.82 Å². The highest BCUT2D eigenvalue weighted by atomic mass is 127. The predicted octanol–water partition coefficient (Wildman–Crippen LogP) is 5.49. The molecule has 5 heteroatoms. The second-order valence-electron chi connectivity index (χ2n) is 4.75. The largest absolute Gasteiger partial charge is 0.353 e. The van der Waals surface area contributed by atoms with Gasteiger partial charge in [0.15, 0.2) is 0 Å². The first kappa shape index (κ1) is 23.5. The number of aromatic nitrogens is 1. The van der Waals surface area contributed by atoms with Crippen molar-refractivity contribution < 1.29 is 0 Å². The van der Waals surface area contributed by atoms with E-state index >= 15 is 0 Å². The van der Waals surface area contributed by atoms with Crippen LogP contribution >= 0.6 is 30.1 Å². The molecule has 1 aromatic rings. The summed E-state index contributed by atoms with van der Waals surface area (Å²) in [7, 11) is 1.50. The number of hydrogen-bond donors (Lipinski definition) is 1. The third-order valence-electron chi connectivity index (χ3n) is 3.52. The van der Waals surface area contributed by atoms with Crippen LogP contribution in [0.3, 0.4) is 0 Å². The number of rotatable bonds is 1. The Balaban J connectivity index is 0.000000798. The van der Waals surface area contributed by atoms with Gasteiger partial charge in [0.25, 0.3) is 0 Å². The zero-order chi connectivity index (χ0) is 18.4. The van der Waals surface area contributed by atoms with E-state index in [1.54, 1.807) is 0 Å². The predicted molar refractivity (Wildman–Crippen MR) is 119 cm³/mol. The molecule has 1 aromatic heterocycles. The molecule has 2 aliphatic heterocycles. The first-order valence-corrected chi connectivity index (χ1v) is 12.5. The van der Waals surface area contributed by atoms with Crippen molar-refractivity contribution in [2.75, 3.05) is 18.0 Å². The highest BCUT2D eigenvalue weighted by Crippen LogP contribution is 2.23. The maximum Gasteiger partial charge on any atom is 0.128 e. The number of halogens is 1. The molecule has 136 valence electrons. The molecule has 0 spiro atoms. The molecule has 0 aromatic carbocycles. The maximum atomic E-state index is 4.54. The van der Waals surface area contributed by atoms with Crippen molar-refractivity contribution in [1.82, 2.24) is 10.3 Å². The van der Waals surface area contributed by atoms with Crippen molar-refractivity contribution >= 4 is 36.0 Å². The van der Waals surface area contributed by atoms with E-state index in [0.717, 1.165) is 24.5 Å². The fourth-order valence-corrected chi connectivity index (χ4v) is 3.20. The Morgan fingerprint density at radius 2 is 1.67 bits per heavy atom. The number of fused-ring (bicyclic) bond motifs is 2. The lowest BCUT2D eigenvalue weighted by Gasteiger charge is -2.33. The van der Waals surface area contributed by atoms with E-state index < -0.39 is 0 Å². The van der Waals surface area contributed by atoms with Gasteiger partial charge in [0.1, 0.15) is 5.82 Å². The highest BCUT2D eigenvalue weighted by molar-refractivity contribution is 14.2. The first-order chi connectivity index (χ1) is 11.8. The molecule has 2 fully saturated rings. The average Bonchev–Trinajstić information content (AvgIpc) is 3.03. The molecular formula is C19H32IN3S. The zero-order valence-corrected chi connectivity index (χ0v) is 18.9. The van der Waals surface area contributed by atoms with Crippen LogP contribution < -0.4 is 10.2 Å². The molecule has 2 atom stereocenters. The summed E-state index contributed by atoms with van der Waals surface area (Å²) in [6.07, 6.45) is 4.48. The van der Waals surface area contributed by atoms with Crippen LogP contribution in [0.5, 0.6) is 0 Å². The zero-order valence-electron chi connectivity index (χ0n) is 15.9. The molecule has 2 unspecified atom stereocenters. The topological polar surface area (TPSA) is 28.2 Å². The number of hydrogen-bond acceptors (Lipinski definition) is 4. The summed E-state index contributed by atoms with van der Waals surface area (Å²) in [6, 6.07) is 5.46. The SMILES string of the molecule is CC.CC.CC.ISC#Cc1ccc(N2CC3CCC(C2)N3)nc1. The molecule has 2 saturated heterocycles. The van der Waals surface area contributed by atoms with Gasteiger partial charge >= 0.3 is 0 Å². The van der Waals surface area contributed by atoms with E-state index in [0.29, 0.717) is 12.1 Å². The van der Waals surface area contributed by atoms with Gasteiger partial charge in [-0.25, -0.2) is 4.98 Å². The number of nitrogens with zero attached hydrogens (tertiary/aromatic N) is 2. The molecule has 2 bridgehead atoms. The minimum Gasteiger partial charge on any atom is -0.353 e. The summed E-state index contributed by atoms with van der Waals surface area (Å²) in [5.74, 6) is 4.15. The summed E-state index contributed by atoms with van der Waals surface area (Å²) in [5.41, 5.74) is 0.987. The molecule has 0 amide bonds. The monoisotopic (exact) mass is 461 g/mol. The summed E-state index contributed by atoms with van der Waals surface area (Å²) in [6.45, 7) is 14.2. The van der Waals surface area contributed by atoms with Gasteiger partial charge in [-0.1, -0.05) is 47.5 Å². The number of pyridine rings is 1. The van der Waals surface area contributed by atoms with Crippen molar-refractivity contribution in [3.05, 3.63) is 23.9 Å². The minimum atomic E-state index is 0.653. The van der Waals surface area contributed by atoms with Crippen LogP contribution in [0.25, 0.3) is 0 Å². The van der Waals surface area contributed by atoms with Crippen LogP contribution in [0.15, 0.2) is 18.3 Å². The van der Waals surface area contributed by atoms with Crippen molar-refractivity contribution in [2.24, 2.45) is 0 Å². The van der Waals surface area contributed by atoms with Crippen molar-refractivity contribution in [3.63, 3.8) is 0 Å². The van der Waals surface area contributed by atoms with Gasteiger partial charge in [0.05, 0.1) is 0 Å². The van der Waals surface area contributed by atoms with Crippen molar-refractivity contribution in [2.45, 2.75) is 66.5 Å². The van der Waals surface area contributed by atoms with E-state index in [1.165, 1.54) is 21.8 Å². The second-order valence-corrected chi connectivity index (χ2v) is 6.43. The highest BCUT2D eigenvalue weighted by Gasteiger charge is 2.32. The fraction of sp³-hybridized carbons (Fsp3) is 0.632. The standard InChI is InChI=1S/C13H14IN3S.3C2H6/c14-18-6-5-10-1-4-13(15-7-10)17-8-11-2-3-12(9-17)16-11;3*1-2/h1,4,7,11-12,16H,2-3,8-9H2;3*1-2H3. The minimum absolute atomic E-state index is 0.653. The van der Waals surface area contributed by atoms with Gasteiger partial charge in [-0.3, -0.25) is 0 Å². The van der Waals surface area contributed by atoms with Crippen LogP contribution in [-0.4, -0.2) is 30.2 Å². The summed E-state index contributed by atoms with van der Waals surface area (Å²) >= 11 is 2.17. The molecule has 0 aliphatic carbocycles. The Bertz CT molecular complexity index is 470. The Labute approximate surface area is 165 Å². The second kappa shape index (κ2) is 14.9. The van der Waals surface area contributed by atoms with Crippen LogP contribution in [-0.2, 0) is 0 Å². The van der Waals surface area contributed by atoms with E-state index in [-0.39, 0.29) is 0 Å². The molecular weight excluding hydrogens is 429 g/mol. The Hall–Kier alpha value is -0.450. The maximum absolute atomic E-state index is 4.54. The van der Waals surface area contributed by atoms with Crippen LogP contribution in [0.1, 0.15) is 59.9 Å². The average molecular weight is 461 g/mol. The lowest BCUT2D eigenvalue weighted by Crippen LogP contribution is -2.51. The van der Waals surface area contributed by atoms with Gasteiger partial charge in [0.2, 0.25) is 0 Å². The lowest BCUT2D eigenvalue weighted by atomic mass is 10.2. The third kappa shape index (κ3) is 7.62. The van der Waals surface area contributed by atoms with Crippen molar-refractivity contribution in [3.8, 4) is 11.2 Å². The third-order valence-corrected chi connectivity index (χ3v) is 4.36. The van der Waals surface area contributed by atoms with E-state index in [1.807, 2.05) is 47.7 Å². The lowest BCUT2D eigenvalue weighted by molar-refractivity contribution is 0.463. The molecule has 0 radical (unpaired) electrons. The summed E-state index contributed by atoms with van der Waals surface area (Å²) in [5, 5.41) is 6.61. The number of nitrogens with one attached hydrogen (secondary N) is 1. The van der Waals surface area contributed by atoms with Crippen LogP contribution in [0.2, 0.25) is 0 Å². The van der Waals surface area contributed by atoms with E-state index in [2.05, 4.69) is 59.7 Å². The normalized spacial score (nSPS) is 20.0. The van der Waals surface area contributed by atoms with E-state index in [9.17, 15) is 0 Å². The quantitative estimate of drug-likeness (QED) is 0.442. The Morgan fingerprint density at radius 3 is 2.12 bits per heavy atom. The molecule has 3 heterocycles. The molecule has 1 N–H and O–H groups in total. The van der Waals surface area contributed by atoms with Gasteiger partial charge < -0.3 is 10.2 Å². The Morgan fingerprint density at radius 1 is 1.08 bits per heavy atom. The molecule has 2 aliphatic rings. The van der Waals surface area contributed by atoms with E-state index in [4.69, 9.17) is 0 Å². The molecule has 0 saturated carbocycles. The van der Waals surface area contributed by atoms with Gasteiger partial charge in [-0.2, -0.15) is 0 Å². The van der Waals surface area contributed by atoms with Crippen LogP contribution in [0, 0.1) is 11.2 Å². The summed E-state index contributed by atoms with van der Waals surface area (Å²) < 4.78 is 0. The first-order valence-electron chi connectivity index (χ1n) is 9.11. The number of anilines is 1. The van der Waals surface area contributed by atoms with Crippen molar-refractivity contribution in [1.29, 1.82) is 0 Å².